The van der Waals surface area contributed by atoms with Crippen LogP contribution in [-0.4, -0.2) is 16.2 Å². The summed E-state index contributed by atoms with van der Waals surface area (Å²) in [6.07, 6.45) is 5.96. The number of rotatable bonds is 2. The molecule has 3 aromatic rings. The van der Waals surface area contributed by atoms with Crippen LogP contribution in [0.4, 0.5) is 0 Å². The Morgan fingerprint density at radius 3 is 2.96 bits per heavy atom. The molecule has 1 aromatic heterocycles. The average Bonchev–Trinajstić information content (AvgIpc) is 3.21. The molecule has 2 atom stereocenters. The second-order valence-corrected chi connectivity index (χ2v) is 7.12. The van der Waals surface area contributed by atoms with E-state index in [1.807, 2.05) is 12.1 Å². The average molecular weight is 318 g/mol. The van der Waals surface area contributed by atoms with Gasteiger partial charge in [0.15, 0.2) is 0 Å². The number of nitrogens with one attached hydrogen (secondary N) is 1. The number of nitrogens with zero attached hydrogens (tertiary/aromatic N) is 1. The van der Waals surface area contributed by atoms with Crippen molar-refractivity contribution in [2.75, 3.05) is 6.54 Å². The van der Waals surface area contributed by atoms with Crippen LogP contribution in [0.5, 0.6) is 5.75 Å². The summed E-state index contributed by atoms with van der Waals surface area (Å²) in [6, 6.07) is 14.8. The Morgan fingerprint density at radius 2 is 2.04 bits per heavy atom. The van der Waals surface area contributed by atoms with Gasteiger partial charge in [-0.1, -0.05) is 30.3 Å². The second kappa shape index (κ2) is 5.38. The van der Waals surface area contributed by atoms with Crippen LogP contribution in [0.2, 0.25) is 0 Å². The molecule has 1 fully saturated rings. The Kier molecular flexibility index (Phi) is 3.17. The summed E-state index contributed by atoms with van der Waals surface area (Å²) in [4.78, 5) is 0. The van der Waals surface area contributed by atoms with Crippen molar-refractivity contribution in [3.05, 3.63) is 65.4 Å². The van der Waals surface area contributed by atoms with Gasteiger partial charge in [-0.3, -0.25) is 0 Å². The molecule has 3 heteroatoms. The van der Waals surface area contributed by atoms with Crippen molar-refractivity contribution in [1.29, 1.82) is 0 Å². The molecular formula is C21H22N2O. The highest BCUT2D eigenvalue weighted by atomic mass is 16.3. The zero-order chi connectivity index (χ0) is 16.1. The number of aromatic hydroxyl groups is 1. The van der Waals surface area contributed by atoms with E-state index in [2.05, 4.69) is 40.3 Å². The number of aromatic nitrogens is 1. The fraction of sp³-hybridized carbons (Fsp3) is 0.333. The van der Waals surface area contributed by atoms with Gasteiger partial charge in [0, 0.05) is 30.1 Å². The summed E-state index contributed by atoms with van der Waals surface area (Å²) in [6.45, 7) is 2.15. The maximum Gasteiger partial charge on any atom is 0.115 e. The minimum atomic E-state index is 0.278. The van der Waals surface area contributed by atoms with Crippen LogP contribution >= 0.6 is 0 Å². The van der Waals surface area contributed by atoms with Crippen LogP contribution in [0.1, 0.15) is 41.5 Å². The van der Waals surface area contributed by atoms with Gasteiger partial charge in [0.25, 0.3) is 0 Å². The zero-order valence-electron chi connectivity index (χ0n) is 13.7. The molecule has 0 bridgehead atoms. The molecule has 5 rings (SSSR count). The summed E-state index contributed by atoms with van der Waals surface area (Å²) < 4.78 is 2.46. The van der Waals surface area contributed by atoms with Crippen molar-refractivity contribution in [3.8, 4) is 5.75 Å². The van der Waals surface area contributed by atoms with Crippen LogP contribution in [-0.2, 0) is 13.0 Å². The molecule has 0 amide bonds. The Bertz CT molecular complexity index is 911. The van der Waals surface area contributed by atoms with Crippen LogP contribution in [0, 0.1) is 0 Å². The van der Waals surface area contributed by atoms with E-state index < -0.39 is 0 Å². The lowest BCUT2D eigenvalue weighted by atomic mass is 9.87. The van der Waals surface area contributed by atoms with Gasteiger partial charge in [-0.25, -0.2) is 0 Å². The first-order valence-electron chi connectivity index (χ1n) is 8.94. The molecule has 2 aliphatic heterocycles. The second-order valence-electron chi connectivity index (χ2n) is 7.12. The molecule has 2 aliphatic rings. The van der Waals surface area contributed by atoms with E-state index in [0.717, 1.165) is 19.5 Å². The smallest absolute Gasteiger partial charge is 0.115 e. The number of phenols is 1. The van der Waals surface area contributed by atoms with Crippen molar-refractivity contribution >= 4 is 10.9 Å². The standard InChI is InChI=1S/C21H22N2O/c24-16-7-1-5-15(12-16)20-17(9-10-22-20)19-13-23-11-3-6-14-4-2-8-18(19)21(14)23/h1-2,4-5,7-8,12-13,17,20,22,24H,3,6,9-11H2. The molecule has 3 heterocycles. The van der Waals surface area contributed by atoms with Crippen molar-refractivity contribution in [2.24, 2.45) is 0 Å². The number of benzene rings is 2. The van der Waals surface area contributed by atoms with Crippen LogP contribution < -0.4 is 5.32 Å². The predicted octanol–water partition coefficient (Wildman–Crippen LogP) is 4.11. The first kappa shape index (κ1) is 14.1. The van der Waals surface area contributed by atoms with E-state index in [1.54, 1.807) is 6.07 Å². The third-order valence-corrected chi connectivity index (χ3v) is 5.71. The zero-order valence-corrected chi connectivity index (χ0v) is 13.7. The normalized spacial score (nSPS) is 23.0. The predicted molar refractivity (Wildman–Crippen MR) is 96.5 cm³/mol. The highest BCUT2D eigenvalue weighted by Crippen LogP contribution is 2.43. The number of para-hydroxylation sites is 1. The third kappa shape index (κ3) is 2.08. The van der Waals surface area contributed by atoms with Gasteiger partial charge in [-0.05, 0) is 54.6 Å². The number of hydrogen-bond acceptors (Lipinski definition) is 2. The molecule has 24 heavy (non-hydrogen) atoms. The minimum absolute atomic E-state index is 0.278. The highest BCUT2D eigenvalue weighted by molar-refractivity contribution is 5.88. The van der Waals surface area contributed by atoms with Crippen molar-refractivity contribution in [2.45, 2.75) is 37.8 Å². The van der Waals surface area contributed by atoms with E-state index in [-0.39, 0.29) is 6.04 Å². The van der Waals surface area contributed by atoms with Crippen molar-refractivity contribution in [1.82, 2.24) is 9.88 Å². The fourth-order valence-electron chi connectivity index (χ4n) is 4.69. The lowest BCUT2D eigenvalue weighted by molar-refractivity contribution is 0.472. The first-order valence-corrected chi connectivity index (χ1v) is 8.94. The van der Waals surface area contributed by atoms with Gasteiger partial charge in [0.05, 0.1) is 5.52 Å². The van der Waals surface area contributed by atoms with Gasteiger partial charge < -0.3 is 15.0 Å². The largest absolute Gasteiger partial charge is 0.508 e. The summed E-state index contributed by atoms with van der Waals surface area (Å²) >= 11 is 0. The van der Waals surface area contributed by atoms with Crippen LogP contribution in [0.15, 0.2) is 48.7 Å². The maximum absolute atomic E-state index is 9.86. The summed E-state index contributed by atoms with van der Waals surface area (Å²) in [7, 11) is 0. The monoisotopic (exact) mass is 318 g/mol. The lowest BCUT2D eigenvalue weighted by Gasteiger charge is -2.20. The molecule has 1 saturated heterocycles. The number of hydrogen-bond donors (Lipinski definition) is 2. The van der Waals surface area contributed by atoms with E-state index >= 15 is 0 Å². The van der Waals surface area contributed by atoms with Gasteiger partial charge in [-0.15, -0.1) is 0 Å². The quantitative estimate of drug-likeness (QED) is 0.746. The van der Waals surface area contributed by atoms with E-state index in [0.29, 0.717) is 11.7 Å². The van der Waals surface area contributed by atoms with Gasteiger partial charge in [0.1, 0.15) is 5.75 Å². The van der Waals surface area contributed by atoms with Crippen LogP contribution in [0.3, 0.4) is 0 Å². The van der Waals surface area contributed by atoms with Crippen LogP contribution in [0.25, 0.3) is 10.9 Å². The number of aryl methyl sites for hydroxylation is 2. The molecule has 2 aromatic carbocycles. The topological polar surface area (TPSA) is 37.2 Å². The van der Waals surface area contributed by atoms with E-state index in [4.69, 9.17) is 0 Å². The molecule has 0 saturated carbocycles. The Morgan fingerprint density at radius 1 is 1.12 bits per heavy atom. The summed E-state index contributed by atoms with van der Waals surface area (Å²) in [5.41, 5.74) is 5.58. The van der Waals surface area contributed by atoms with E-state index in [1.165, 1.54) is 40.4 Å². The molecule has 122 valence electrons. The molecular weight excluding hydrogens is 296 g/mol. The molecule has 0 aliphatic carbocycles. The SMILES string of the molecule is Oc1cccc(C2NCCC2c2cn3c4c(cccc24)CCC3)c1. The molecule has 3 nitrogen and oxygen atoms in total. The Hall–Kier alpha value is -2.26. The van der Waals surface area contributed by atoms with Gasteiger partial charge >= 0.3 is 0 Å². The van der Waals surface area contributed by atoms with Gasteiger partial charge in [-0.2, -0.15) is 0 Å². The van der Waals surface area contributed by atoms with E-state index in [9.17, 15) is 5.11 Å². The highest BCUT2D eigenvalue weighted by Gasteiger charge is 2.32. The molecule has 2 N–H and O–H groups in total. The molecule has 0 spiro atoms. The fourth-order valence-corrected chi connectivity index (χ4v) is 4.69. The van der Waals surface area contributed by atoms with Gasteiger partial charge in [0.2, 0.25) is 0 Å². The summed E-state index contributed by atoms with van der Waals surface area (Å²) in [5.74, 6) is 0.812. The Balaban J connectivity index is 1.63. The third-order valence-electron chi connectivity index (χ3n) is 5.71. The molecule has 0 radical (unpaired) electrons. The number of phenolic OH excluding ortho intramolecular Hbond substituents is 1. The van der Waals surface area contributed by atoms with Crippen molar-refractivity contribution in [3.63, 3.8) is 0 Å². The molecule has 2 unspecified atom stereocenters. The minimum Gasteiger partial charge on any atom is -0.508 e. The Labute approximate surface area is 141 Å². The summed E-state index contributed by atoms with van der Waals surface area (Å²) in [5, 5.41) is 14.9. The van der Waals surface area contributed by atoms with Crippen molar-refractivity contribution < 1.29 is 5.11 Å². The lowest BCUT2D eigenvalue weighted by Crippen LogP contribution is -2.16. The maximum atomic E-state index is 9.86. The first-order chi connectivity index (χ1) is 11.8.